The van der Waals surface area contributed by atoms with Crippen LogP contribution in [0.5, 0.6) is 5.75 Å². The van der Waals surface area contributed by atoms with Gasteiger partial charge in [0.05, 0.1) is 5.56 Å². The second-order valence-corrected chi connectivity index (χ2v) is 8.42. The van der Waals surface area contributed by atoms with Gasteiger partial charge < -0.3 is 9.46 Å². The second kappa shape index (κ2) is 6.17. The summed E-state index contributed by atoms with van der Waals surface area (Å²) in [7, 11) is 0. The number of carbonyl (C=O) groups excluding carboxylic acids is 1. The summed E-state index contributed by atoms with van der Waals surface area (Å²) in [6.07, 6.45) is 0. The number of nitrogens with one attached hydrogen (secondary N) is 1. The third-order valence-corrected chi connectivity index (χ3v) is 6.61. The quantitative estimate of drug-likeness (QED) is 0.546. The fraction of sp³-hybridized carbons (Fsp3) is 0.278. The summed E-state index contributed by atoms with van der Waals surface area (Å²) in [6, 6.07) is 12.8. The largest absolute Gasteiger partial charge is 0.484 e. The Hall–Kier alpha value is -1.36. The Bertz CT molecular complexity index is 809. The molecule has 0 aromatic heterocycles. The highest BCUT2D eigenvalue weighted by molar-refractivity contribution is 8.04. The summed E-state index contributed by atoms with van der Waals surface area (Å²) in [6.45, 7) is 5.55. The zero-order valence-electron chi connectivity index (χ0n) is 13.5. The van der Waals surface area contributed by atoms with Gasteiger partial charge in [0.2, 0.25) is 9.99 Å². The fourth-order valence-corrected chi connectivity index (χ4v) is 3.80. The predicted octanol–water partition coefficient (Wildman–Crippen LogP) is 5.70. The van der Waals surface area contributed by atoms with Crippen LogP contribution < -0.4 is 9.46 Å². The Morgan fingerprint density at radius 2 is 1.88 bits per heavy atom. The minimum absolute atomic E-state index is 0.174. The van der Waals surface area contributed by atoms with Crippen molar-refractivity contribution in [1.29, 1.82) is 0 Å². The van der Waals surface area contributed by atoms with Gasteiger partial charge in [0.15, 0.2) is 0 Å². The van der Waals surface area contributed by atoms with E-state index in [9.17, 15) is 4.79 Å². The van der Waals surface area contributed by atoms with Gasteiger partial charge in [-0.1, -0.05) is 41.4 Å². The van der Waals surface area contributed by atoms with Gasteiger partial charge in [-0.25, -0.2) is 0 Å². The first-order valence-corrected chi connectivity index (χ1v) is 9.04. The molecule has 1 atom stereocenters. The number of ketones is 1. The summed E-state index contributed by atoms with van der Waals surface area (Å²) in [5.74, 6) is 0.384. The third-order valence-electron chi connectivity index (χ3n) is 4.04. The number of benzene rings is 2. The Kier molecular flexibility index (Phi) is 4.49. The highest BCUT2D eigenvalue weighted by Gasteiger charge is 2.57. The van der Waals surface area contributed by atoms with Crippen molar-refractivity contribution in [3.8, 4) is 5.75 Å². The van der Waals surface area contributed by atoms with E-state index in [1.54, 1.807) is 24.3 Å². The number of Topliss-reactive ketones (excluding diaryl/α,β-unsaturated/α-hetero) is 1. The van der Waals surface area contributed by atoms with E-state index in [0.717, 1.165) is 23.2 Å². The van der Waals surface area contributed by atoms with Gasteiger partial charge in [-0.3, -0.25) is 4.79 Å². The molecular formula is C18H17Cl2NO2S. The number of aryl methyl sites for hydroxylation is 1. The van der Waals surface area contributed by atoms with Crippen molar-refractivity contribution in [1.82, 2.24) is 0 Å². The van der Waals surface area contributed by atoms with Crippen molar-refractivity contribution in [3.63, 3.8) is 0 Å². The minimum atomic E-state index is -1.31. The highest BCUT2D eigenvalue weighted by atomic mass is 35.5. The maximum absolute atomic E-state index is 13.0. The number of alkyl halides is 1. The van der Waals surface area contributed by atoms with E-state index in [2.05, 4.69) is 4.72 Å². The van der Waals surface area contributed by atoms with E-state index in [1.165, 1.54) is 0 Å². The summed E-state index contributed by atoms with van der Waals surface area (Å²) >= 11 is 14.0. The molecule has 0 amide bonds. The number of para-hydroxylation sites is 1. The molecule has 2 aromatic carbocycles. The van der Waals surface area contributed by atoms with Gasteiger partial charge in [0.1, 0.15) is 11.4 Å². The topological polar surface area (TPSA) is 38.3 Å². The number of hydrogen-bond acceptors (Lipinski definition) is 4. The molecule has 3 rings (SSSR count). The summed E-state index contributed by atoms with van der Waals surface area (Å²) < 4.78 is 7.83. The Balaban J connectivity index is 1.90. The number of rotatable bonds is 3. The molecule has 2 aromatic rings. The Morgan fingerprint density at radius 1 is 1.17 bits per heavy atom. The fourth-order valence-electron chi connectivity index (χ4n) is 2.49. The molecule has 24 heavy (non-hydrogen) atoms. The number of hydrogen-bond donors (Lipinski definition) is 1. The standard InChI is InChI=1S/C18H17Cl2NO2S/c1-11-8-9-12(10-14(11)19)21-24-18(20)16(22)13-6-4-5-7-15(13)23-17(18,2)3/h4-10,21H,1-3H3/t18-/m0/s1. The van der Waals surface area contributed by atoms with Crippen LogP contribution >= 0.6 is 35.1 Å². The van der Waals surface area contributed by atoms with Crippen molar-refractivity contribution in [2.45, 2.75) is 30.6 Å². The molecule has 0 radical (unpaired) electrons. The number of carbonyl (C=O) groups is 1. The molecular weight excluding hydrogens is 365 g/mol. The average molecular weight is 382 g/mol. The lowest BCUT2D eigenvalue weighted by Crippen LogP contribution is -2.56. The summed E-state index contributed by atoms with van der Waals surface area (Å²) in [5, 5.41) is 0.653. The maximum atomic E-state index is 13.0. The first kappa shape index (κ1) is 17.5. The number of ether oxygens (including phenoxy) is 1. The molecule has 1 heterocycles. The molecule has 1 aliphatic rings. The second-order valence-electron chi connectivity index (χ2n) is 6.20. The van der Waals surface area contributed by atoms with Crippen molar-refractivity contribution in [2.75, 3.05) is 4.72 Å². The number of anilines is 1. The Labute approximate surface area is 155 Å². The predicted molar refractivity (Wildman–Crippen MR) is 101 cm³/mol. The first-order valence-electron chi connectivity index (χ1n) is 7.46. The lowest BCUT2D eigenvalue weighted by molar-refractivity contribution is 0.0579. The van der Waals surface area contributed by atoms with Crippen LogP contribution in [0.25, 0.3) is 0 Å². The molecule has 3 nitrogen and oxygen atoms in total. The van der Waals surface area contributed by atoms with Gasteiger partial charge >= 0.3 is 0 Å². The van der Waals surface area contributed by atoms with E-state index in [-0.39, 0.29) is 5.78 Å². The summed E-state index contributed by atoms with van der Waals surface area (Å²) in [4.78, 5) is 13.0. The molecule has 1 N–H and O–H groups in total. The monoisotopic (exact) mass is 381 g/mol. The van der Waals surface area contributed by atoms with Crippen LogP contribution in [0.1, 0.15) is 29.8 Å². The van der Waals surface area contributed by atoms with Crippen molar-refractivity contribution >= 4 is 46.6 Å². The minimum Gasteiger partial charge on any atom is -0.484 e. The Morgan fingerprint density at radius 3 is 2.58 bits per heavy atom. The summed E-state index contributed by atoms with van der Waals surface area (Å²) in [5.41, 5.74) is 1.35. The first-order chi connectivity index (χ1) is 11.2. The molecule has 1 aliphatic heterocycles. The van der Waals surface area contributed by atoms with Crippen LogP contribution in [-0.4, -0.2) is 15.6 Å². The van der Waals surface area contributed by atoms with Crippen LogP contribution in [0.4, 0.5) is 5.69 Å². The SMILES string of the molecule is Cc1ccc(NS[C@@]2(Cl)C(=O)c3ccccc3OC2(C)C)cc1Cl. The van der Waals surface area contributed by atoms with E-state index in [1.807, 2.05) is 39.0 Å². The van der Waals surface area contributed by atoms with Crippen LogP contribution in [0.15, 0.2) is 42.5 Å². The number of fused-ring (bicyclic) bond motifs is 1. The smallest absolute Gasteiger partial charge is 0.210 e. The molecule has 0 fully saturated rings. The van der Waals surface area contributed by atoms with Crippen LogP contribution in [-0.2, 0) is 0 Å². The molecule has 0 unspecified atom stereocenters. The van der Waals surface area contributed by atoms with Crippen LogP contribution in [0.2, 0.25) is 5.02 Å². The molecule has 0 spiro atoms. The third kappa shape index (κ3) is 2.87. The lowest BCUT2D eigenvalue weighted by atomic mass is 9.92. The van der Waals surface area contributed by atoms with E-state index >= 15 is 0 Å². The van der Waals surface area contributed by atoms with Gasteiger partial charge in [-0.15, -0.1) is 0 Å². The average Bonchev–Trinajstić information content (AvgIpc) is 2.54. The van der Waals surface area contributed by atoms with Gasteiger partial charge in [0, 0.05) is 10.7 Å². The lowest BCUT2D eigenvalue weighted by Gasteiger charge is -2.43. The van der Waals surface area contributed by atoms with Crippen molar-refractivity contribution in [3.05, 3.63) is 58.6 Å². The van der Waals surface area contributed by atoms with E-state index < -0.39 is 9.81 Å². The molecule has 0 aliphatic carbocycles. The van der Waals surface area contributed by atoms with Crippen LogP contribution in [0, 0.1) is 6.92 Å². The van der Waals surface area contributed by atoms with E-state index in [4.69, 9.17) is 27.9 Å². The van der Waals surface area contributed by atoms with Gasteiger partial charge in [-0.2, -0.15) is 0 Å². The van der Waals surface area contributed by atoms with Crippen molar-refractivity contribution < 1.29 is 9.53 Å². The molecule has 0 saturated heterocycles. The molecule has 126 valence electrons. The van der Waals surface area contributed by atoms with Gasteiger partial charge in [-0.05, 0) is 62.5 Å². The van der Waals surface area contributed by atoms with Crippen molar-refractivity contribution in [2.24, 2.45) is 0 Å². The van der Waals surface area contributed by atoms with E-state index in [0.29, 0.717) is 16.3 Å². The number of halogens is 2. The zero-order valence-corrected chi connectivity index (χ0v) is 15.9. The maximum Gasteiger partial charge on any atom is 0.210 e. The van der Waals surface area contributed by atoms with Crippen LogP contribution in [0.3, 0.4) is 0 Å². The normalized spacial score (nSPS) is 21.8. The zero-order chi connectivity index (χ0) is 17.5. The molecule has 6 heteroatoms. The van der Waals surface area contributed by atoms with Gasteiger partial charge in [0.25, 0.3) is 0 Å². The molecule has 0 bridgehead atoms. The molecule has 0 saturated carbocycles. The highest BCUT2D eigenvalue weighted by Crippen LogP contribution is 2.49.